The Hall–Kier alpha value is -1.79. The second-order valence-corrected chi connectivity index (χ2v) is 7.88. The first-order valence-corrected chi connectivity index (χ1v) is 9.10. The van der Waals surface area contributed by atoms with Crippen LogP contribution >= 0.6 is 0 Å². The molecule has 0 aliphatic heterocycles. The van der Waals surface area contributed by atoms with Crippen LogP contribution in [0.1, 0.15) is 60.3 Å². The molecule has 1 aliphatic carbocycles. The Balaban J connectivity index is 2.46. The Labute approximate surface area is 151 Å². The minimum atomic E-state index is -0.504. The quantitative estimate of drug-likeness (QED) is 0.396. The van der Waals surface area contributed by atoms with E-state index in [1.165, 1.54) is 0 Å². The molecule has 0 bridgehead atoms. The lowest BCUT2D eigenvalue weighted by Gasteiger charge is -2.30. The van der Waals surface area contributed by atoms with Crippen LogP contribution in [0.4, 0.5) is 0 Å². The lowest BCUT2D eigenvalue weighted by atomic mass is 9.85. The smallest absolute Gasteiger partial charge is 0.325 e. The van der Waals surface area contributed by atoms with E-state index in [0.29, 0.717) is 5.96 Å². The zero-order valence-electron chi connectivity index (χ0n) is 16.4. The Morgan fingerprint density at radius 2 is 1.92 bits per heavy atom. The molecule has 1 amide bonds. The average Bonchev–Trinajstić information content (AvgIpc) is 2.49. The van der Waals surface area contributed by atoms with E-state index in [1.54, 1.807) is 7.05 Å². The molecule has 0 saturated heterocycles. The Kier molecular flexibility index (Phi) is 8.19. The van der Waals surface area contributed by atoms with Gasteiger partial charge in [-0.05, 0) is 53.9 Å². The van der Waals surface area contributed by atoms with Gasteiger partial charge < -0.3 is 20.7 Å². The second kappa shape index (κ2) is 9.63. The summed E-state index contributed by atoms with van der Waals surface area (Å²) in [6.45, 7) is 9.51. The molecule has 0 radical (unpaired) electrons. The first-order chi connectivity index (χ1) is 11.6. The van der Waals surface area contributed by atoms with Gasteiger partial charge in [0.2, 0.25) is 5.91 Å². The predicted molar refractivity (Wildman–Crippen MR) is 99.4 cm³/mol. The molecule has 1 fully saturated rings. The number of carbonyl (C=O) groups is 2. The summed E-state index contributed by atoms with van der Waals surface area (Å²) < 4.78 is 5.27. The van der Waals surface area contributed by atoms with Gasteiger partial charge >= 0.3 is 5.97 Å². The lowest BCUT2D eigenvalue weighted by molar-refractivity contribution is -0.153. The number of esters is 1. The highest BCUT2D eigenvalue weighted by atomic mass is 16.6. The third kappa shape index (κ3) is 8.74. The maximum Gasteiger partial charge on any atom is 0.325 e. The van der Waals surface area contributed by atoms with Crippen LogP contribution in [0, 0.1) is 5.92 Å². The number of amides is 1. The van der Waals surface area contributed by atoms with Crippen LogP contribution in [0.25, 0.3) is 0 Å². The van der Waals surface area contributed by atoms with Crippen molar-refractivity contribution in [3.8, 4) is 0 Å². The highest BCUT2D eigenvalue weighted by Gasteiger charge is 2.28. The van der Waals surface area contributed by atoms with Crippen molar-refractivity contribution < 1.29 is 14.3 Å². The van der Waals surface area contributed by atoms with Crippen LogP contribution in [0.2, 0.25) is 0 Å². The topological polar surface area (TPSA) is 91.8 Å². The van der Waals surface area contributed by atoms with Gasteiger partial charge in [0.15, 0.2) is 5.96 Å². The van der Waals surface area contributed by atoms with Crippen LogP contribution in [0.15, 0.2) is 4.99 Å². The van der Waals surface area contributed by atoms with Gasteiger partial charge in [0.05, 0.1) is 0 Å². The molecule has 1 aliphatic rings. The highest BCUT2D eigenvalue weighted by molar-refractivity contribution is 5.84. The summed E-state index contributed by atoms with van der Waals surface area (Å²) in [5.74, 6) is 0.380. The minimum Gasteiger partial charge on any atom is -0.459 e. The monoisotopic (exact) mass is 354 g/mol. The van der Waals surface area contributed by atoms with E-state index in [1.807, 2.05) is 34.6 Å². The molecule has 2 atom stereocenters. The molecule has 1 saturated carbocycles. The molecule has 1 rings (SSSR count). The highest BCUT2D eigenvalue weighted by Crippen LogP contribution is 2.24. The summed E-state index contributed by atoms with van der Waals surface area (Å²) in [6.07, 6.45) is 3.67. The molecule has 0 heterocycles. The number of hydrogen-bond donors (Lipinski definition) is 3. The molecule has 0 spiro atoms. The van der Waals surface area contributed by atoms with Crippen LogP contribution < -0.4 is 16.0 Å². The van der Waals surface area contributed by atoms with E-state index in [0.717, 1.165) is 25.7 Å². The molecular formula is C18H34N4O3. The summed E-state index contributed by atoms with van der Waals surface area (Å²) in [6, 6.07) is 0.325. The van der Waals surface area contributed by atoms with E-state index in [2.05, 4.69) is 20.9 Å². The van der Waals surface area contributed by atoms with Crippen LogP contribution in [0.3, 0.4) is 0 Å². The number of rotatable bonds is 5. The number of guanidine groups is 1. The Morgan fingerprint density at radius 1 is 1.24 bits per heavy atom. The van der Waals surface area contributed by atoms with Gasteiger partial charge in [-0.3, -0.25) is 14.6 Å². The van der Waals surface area contributed by atoms with Crippen LogP contribution in [-0.2, 0) is 14.3 Å². The standard InChI is InChI=1S/C18H34N4O3/c1-12(2)21-16(24)13-8-7-9-14(10-13)22-17(19-6)20-11-15(23)25-18(3,4)5/h12-14H,7-11H2,1-6H3,(H,21,24)(H2,19,20,22). The maximum atomic E-state index is 12.2. The van der Waals surface area contributed by atoms with Gasteiger partial charge in [0.25, 0.3) is 0 Å². The molecule has 0 aromatic carbocycles. The molecule has 7 nitrogen and oxygen atoms in total. The molecule has 25 heavy (non-hydrogen) atoms. The zero-order valence-corrected chi connectivity index (χ0v) is 16.4. The molecule has 2 unspecified atom stereocenters. The van der Waals surface area contributed by atoms with Crippen molar-refractivity contribution in [2.24, 2.45) is 10.9 Å². The number of nitrogens with zero attached hydrogens (tertiary/aromatic N) is 1. The van der Waals surface area contributed by atoms with Gasteiger partial charge in [-0.2, -0.15) is 0 Å². The van der Waals surface area contributed by atoms with E-state index in [9.17, 15) is 9.59 Å². The third-order valence-corrected chi connectivity index (χ3v) is 3.86. The van der Waals surface area contributed by atoms with E-state index in [-0.39, 0.29) is 36.4 Å². The fourth-order valence-electron chi connectivity index (χ4n) is 2.88. The average molecular weight is 354 g/mol. The molecule has 0 aromatic heterocycles. The molecule has 3 N–H and O–H groups in total. The molecule has 0 aromatic rings. The minimum absolute atomic E-state index is 0.0256. The summed E-state index contributed by atoms with van der Waals surface area (Å²) in [7, 11) is 1.66. The largest absolute Gasteiger partial charge is 0.459 e. The first-order valence-electron chi connectivity index (χ1n) is 9.10. The van der Waals surface area contributed by atoms with Crippen molar-refractivity contribution in [2.45, 2.75) is 78.0 Å². The van der Waals surface area contributed by atoms with Crippen molar-refractivity contribution in [1.82, 2.24) is 16.0 Å². The Bertz CT molecular complexity index is 483. The fourth-order valence-corrected chi connectivity index (χ4v) is 2.88. The number of ether oxygens (including phenoxy) is 1. The summed E-state index contributed by atoms with van der Waals surface area (Å²) in [5.41, 5.74) is -0.504. The summed E-state index contributed by atoms with van der Waals surface area (Å²) in [5, 5.41) is 9.28. The van der Waals surface area contributed by atoms with Gasteiger partial charge in [-0.15, -0.1) is 0 Å². The molecule has 7 heteroatoms. The van der Waals surface area contributed by atoms with Gasteiger partial charge in [0.1, 0.15) is 12.1 Å². The van der Waals surface area contributed by atoms with E-state index in [4.69, 9.17) is 4.74 Å². The van der Waals surface area contributed by atoms with E-state index >= 15 is 0 Å². The van der Waals surface area contributed by atoms with Crippen molar-refractivity contribution >= 4 is 17.8 Å². The van der Waals surface area contributed by atoms with E-state index < -0.39 is 5.60 Å². The summed E-state index contributed by atoms with van der Waals surface area (Å²) in [4.78, 5) is 28.2. The van der Waals surface area contributed by atoms with Crippen LogP contribution in [0.5, 0.6) is 0 Å². The number of carbonyl (C=O) groups excluding carboxylic acids is 2. The van der Waals surface area contributed by atoms with Crippen molar-refractivity contribution in [2.75, 3.05) is 13.6 Å². The number of aliphatic imine (C=N–C) groups is 1. The normalized spacial score (nSPS) is 21.6. The number of hydrogen-bond acceptors (Lipinski definition) is 4. The van der Waals surface area contributed by atoms with Gasteiger partial charge in [0, 0.05) is 25.0 Å². The zero-order chi connectivity index (χ0) is 19.0. The lowest BCUT2D eigenvalue weighted by Crippen LogP contribution is -2.48. The molecular weight excluding hydrogens is 320 g/mol. The maximum absolute atomic E-state index is 12.2. The van der Waals surface area contributed by atoms with Crippen molar-refractivity contribution in [3.63, 3.8) is 0 Å². The Morgan fingerprint density at radius 3 is 2.48 bits per heavy atom. The van der Waals surface area contributed by atoms with Crippen LogP contribution in [-0.4, -0.2) is 49.1 Å². The second-order valence-electron chi connectivity index (χ2n) is 7.88. The van der Waals surface area contributed by atoms with Crippen molar-refractivity contribution in [1.29, 1.82) is 0 Å². The van der Waals surface area contributed by atoms with Gasteiger partial charge in [-0.1, -0.05) is 6.42 Å². The summed E-state index contributed by atoms with van der Waals surface area (Å²) >= 11 is 0. The fraction of sp³-hybridized carbons (Fsp3) is 0.833. The van der Waals surface area contributed by atoms with Gasteiger partial charge in [-0.25, -0.2) is 0 Å². The van der Waals surface area contributed by atoms with Crippen molar-refractivity contribution in [3.05, 3.63) is 0 Å². The first kappa shape index (κ1) is 21.3. The third-order valence-electron chi connectivity index (χ3n) is 3.86. The number of nitrogens with one attached hydrogen (secondary N) is 3. The SMILES string of the molecule is CN=C(NCC(=O)OC(C)(C)C)NC1CCCC(C(=O)NC(C)C)C1. The molecule has 144 valence electrons. The predicted octanol–water partition coefficient (Wildman–Crippen LogP) is 1.58.